The number of hydrogen-bond acceptors (Lipinski definition) is 3. The first-order valence-corrected chi connectivity index (χ1v) is 7.10. The summed E-state index contributed by atoms with van der Waals surface area (Å²) in [4.78, 5) is -0.115. The Kier molecular flexibility index (Phi) is 3.32. The minimum absolute atomic E-state index is 0.115. The molecule has 2 N–H and O–H groups in total. The Balaban J connectivity index is 2.41. The molecule has 1 heterocycles. The summed E-state index contributed by atoms with van der Waals surface area (Å²) in [5.74, 6) is -0.552. The highest BCUT2D eigenvalue weighted by molar-refractivity contribution is 7.92. The van der Waals surface area contributed by atoms with Gasteiger partial charge in [0.05, 0.1) is 22.0 Å². The van der Waals surface area contributed by atoms with Crippen molar-refractivity contribution < 1.29 is 12.8 Å². The van der Waals surface area contributed by atoms with Crippen LogP contribution in [0.25, 0.3) is 0 Å². The molecule has 1 aromatic carbocycles. The maximum absolute atomic E-state index is 13.4. The number of benzene rings is 1. The summed E-state index contributed by atoms with van der Waals surface area (Å²) in [7, 11) is -3.82. The molecule has 7 heteroatoms. The molecule has 1 aromatic heterocycles. The van der Waals surface area contributed by atoms with E-state index in [0.717, 1.165) is 6.07 Å². The number of nitrogens with one attached hydrogen (secondary N) is 2. The Morgan fingerprint density at radius 2 is 1.95 bits per heavy atom. The summed E-state index contributed by atoms with van der Waals surface area (Å²) in [5, 5.41) is 6.58. The number of halogens is 1. The predicted octanol–water partition coefficient (Wildman–Crippen LogP) is 2.27. The second-order valence-electron chi connectivity index (χ2n) is 4.33. The summed E-state index contributed by atoms with van der Waals surface area (Å²) < 4.78 is 40.1. The van der Waals surface area contributed by atoms with Gasteiger partial charge < -0.3 is 0 Å². The van der Waals surface area contributed by atoms with Gasteiger partial charge in [-0.3, -0.25) is 9.82 Å². The lowest BCUT2D eigenvalue weighted by atomic mass is 10.2. The van der Waals surface area contributed by atoms with Gasteiger partial charge in [-0.15, -0.1) is 0 Å². The number of rotatable bonds is 3. The van der Waals surface area contributed by atoms with Crippen LogP contribution in [-0.4, -0.2) is 18.6 Å². The molecular formula is C12H14FN3O2S. The molecule has 5 nitrogen and oxygen atoms in total. The lowest BCUT2D eigenvalue weighted by Gasteiger charge is -2.08. The molecule has 0 radical (unpaired) electrons. The molecule has 0 atom stereocenters. The zero-order valence-corrected chi connectivity index (χ0v) is 11.6. The van der Waals surface area contributed by atoms with Crippen molar-refractivity contribution >= 4 is 15.7 Å². The molecule has 2 rings (SSSR count). The minimum atomic E-state index is -3.82. The molecule has 0 aliphatic rings. The van der Waals surface area contributed by atoms with E-state index in [9.17, 15) is 12.8 Å². The van der Waals surface area contributed by atoms with Gasteiger partial charge in [0.2, 0.25) is 0 Å². The van der Waals surface area contributed by atoms with Crippen LogP contribution in [0.2, 0.25) is 0 Å². The molecule has 0 bridgehead atoms. The van der Waals surface area contributed by atoms with Crippen molar-refractivity contribution in [2.24, 2.45) is 0 Å². The van der Waals surface area contributed by atoms with Crippen molar-refractivity contribution in [2.75, 3.05) is 4.72 Å². The molecule has 0 aliphatic carbocycles. The van der Waals surface area contributed by atoms with E-state index >= 15 is 0 Å². The molecular weight excluding hydrogens is 269 g/mol. The lowest BCUT2D eigenvalue weighted by molar-refractivity contribution is 0.593. The zero-order valence-electron chi connectivity index (χ0n) is 10.8. The van der Waals surface area contributed by atoms with Gasteiger partial charge in [0.15, 0.2) is 0 Å². The molecule has 0 aliphatic heterocycles. The van der Waals surface area contributed by atoms with Gasteiger partial charge in [0.1, 0.15) is 5.82 Å². The number of aromatic nitrogens is 2. The molecule has 0 spiro atoms. The highest BCUT2D eigenvalue weighted by atomic mass is 32.2. The average molecular weight is 283 g/mol. The van der Waals surface area contributed by atoms with Crippen molar-refractivity contribution in [1.29, 1.82) is 0 Å². The summed E-state index contributed by atoms with van der Waals surface area (Å²) in [6, 6.07) is 3.80. The van der Waals surface area contributed by atoms with E-state index < -0.39 is 15.8 Å². The predicted molar refractivity (Wildman–Crippen MR) is 70.0 cm³/mol. The number of hydrogen-bond donors (Lipinski definition) is 2. The first-order chi connectivity index (χ1) is 8.81. The SMILES string of the molecule is Cc1ccc(S(=O)(=O)Nc2c(C)n[nH]c2C)cc1F. The topological polar surface area (TPSA) is 74.8 Å². The minimum Gasteiger partial charge on any atom is -0.280 e. The number of H-pyrrole nitrogens is 1. The second kappa shape index (κ2) is 4.65. The Bertz CT molecular complexity index is 703. The van der Waals surface area contributed by atoms with Crippen LogP contribution < -0.4 is 4.72 Å². The fraction of sp³-hybridized carbons (Fsp3) is 0.250. The number of aryl methyl sites for hydroxylation is 3. The van der Waals surface area contributed by atoms with E-state index in [4.69, 9.17) is 0 Å². The van der Waals surface area contributed by atoms with Crippen molar-refractivity contribution in [1.82, 2.24) is 10.2 Å². The van der Waals surface area contributed by atoms with Gasteiger partial charge in [0, 0.05) is 0 Å². The third kappa shape index (κ3) is 2.60. The van der Waals surface area contributed by atoms with Crippen LogP contribution >= 0.6 is 0 Å². The smallest absolute Gasteiger partial charge is 0.262 e. The summed E-state index contributed by atoms with van der Waals surface area (Å²) >= 11 is 0. The van der Waals surface area contributed by atoms with Gasteiger partial charge in [-0.2, -0.15) is 5.10 Å². The summed E-state index contributed by atoms with van der Waals surface area (Å²) in [6.45, 7) is 4.95. The largest absolute Gasteiger partial charge is 0.280 e. The van der Waals surface area contributed by atoms with E-state index in [1.54, 1.807) is 20.8 Å². The normalized spacial score (nSPS) is 11.6. The zero-order chi connectivity index (χ0) is 14.2. The maximum Gasteiger partial charge on any atom is 0.262 e. The number of anilines is 1. The molecule has 2 aromatic rings. The van der Waals surface area contributed by atoms with Crippen LogP contribution in [0.4, 0.5) is 10.1 Å². The third-order valence-corrected chi connectivity index (χ3v) is 4.17. The van der Waals surface area contributed by atoms with Gasteiger partial charge in [-0.05, 0) is 38.5 Å². The molecule has 0 saturated heterocycles. The highest BCUT2D eigenvalue weighted by Crippen LogP contribution is 2.22. The fourth-order valence-corrected chi connectivity index (χ4v) is 2.83. The second-order valence-corrected chi connectivity index (χ2v) is 6.01. The Hall–Kier alpha value is -1.89. The molecule has 19 heavy (non-hydrogen) atoms. The monoisotopic (exact) mass is 283 g/mol. The van der Waals surface area contributed by atoms with Crippen LogP contribution in [-0.2, 0) is 10.0 Å². The van der Waals surface area contributed by atoms with Gasteiger partial charge in [-0.25, -0.2) is 12.8 Å². The molecule has 0 saturated carbocycles. The first kappa shape index (κ1) is 13.5. The van der Waals surface area contributed by atoms with Crippen molar-refractivity contribution in [2.45, 2.75) is 25.7 Å². The van der Waals surface area contributed by atoms with Crippen LogP contribution in [0.3, 0.4) is 0 Å². The fourth-order valence-electron chi connectivity index (χ4n) is 1.64. The van der Waals surface area contributed by atoms with Crippen molar-refractivity contribution in [3.05, 3.63) is 41.0 Å². The van der Waals surface area contributed by atoms with E-state index in [2.05, 4.69) is 14.9 Å². The Labute approximate surface area is 110 Å². The van der Waals surface area contributed by atoms with Gasteiger partial charge in [-0.1, -0.05) is 6.07 Å². The number of nitrogens with zero attached hydrogens (tertiary/aromatic N) is 1. The van der Waals surface area contributed by atoms with E-state index in [1.165, 1.54) is 12.1 Å². The van der Waals surface area contributed by atoms with E-state index in [-0.39, 0.29) is 4.90 Å². The van der Waals surface area contributed by atoms with Crippen LogP contribution in [0.1, 0.15) is 17.0 Å². The Morgan fingerprint density at radius 3 is 2.47 bits per heavy atom. The summed E-state index contributed by atoms with van der Waals surface area (Å²) in [6.07, 6.45) is 0. The molecule has 0 unspecified atom stereocenters. The van der Waals surface area contributed by atoms with Crippen LogP contribution in [0.5, 0.6) is 0 Å². The van der Waals surface area contributed by atoms with Gasteiger partial charge in [0.25, 0.3) is 10.0 Å². The quantitative estimate of drug-likeness (QED) is 0.907. The van der Waals surface area contributed by atoms with Gasteiger partial charge >= 0.3 is 0 Å². The average Bonchev–Trinajstić information content (AvgIpc) is 2.64. The highest BCUT2D eigenvalue weighted by Gasteiger charge is 2.19. The lowest BCUT2D eigenvalue weighted by Crippen LogP contribution is -2.14. The van der Waals surface area contributed by atoms with Crippen LogP contribution in [0.15, 0.2) is 23.1 Å². The molecule has 102 valence electrons. The van der Waals surface area contributed by atoms with Crippen molar-refractivity contribution in [3.8, 4) is 0 Å². The van der Waals surface area contributed by atoms with Crippen molar-refractivity contribution in [3.63, 3.8) is 0 Å². The third-order valence-electron chi connectivity index (χ3n) is 2.82. The molecule has 0 fully saturated rings. The van der Waals surface area contributed by atoms with E-state index in [1.807, 2.05) is 0 Å². The van der Waals surface area contributed by atoms with E-state index in [0.29, 0.717) is 22.6 Å². The maximum atomic E-state index is 13.4. The number of sulfonamides is 1. The Morgan fingerprint density at radius 1 is 1.26 bits per heavy atom. The standard InChI is InChI=1S/C12H14FN3O2S/c1-7-4-5-10(6-11(7)13)19(17,18)16-12-8(2)14-15-9(12)3/h4-6,16H,1-3H3,(H,14,15). The first-order valence-electron chi connectivity index (χ1n) is 5.62. The number of aromatic amines is 1. The molecule has 0 amide bonds. The van der Waals surface area contributed by atoms with Crippen LogP contribution in [0, 0.1) is 26.6 Å². The summed E-state index contributed by atoms with van der Waals surface area (Å²) in [5.41, 5.74) is 1.93.